The number of halogens is 1. The van der Waals surface area contributed by atoms with Crippen LogP contribution in [0, 0.1) is 12.7 Å². The minimum Gasteiger partial charge on any atom is -0.469 e. The zero-order valence-electron chi connectivity index (χ0n) is 12.5. The van der Waals surface area contributed by atoms with Crippen molar-refractivity contribution in [2.24, 2.45) is 0 Å². The van der Waals surface area contributed by atoms with Crippen LogP contribution in [0.25, 0.3) is 10.9 Å². The third-order valence-corrected chi connectivity index (χ3v) is 3.36. The molecule has 0 amide bonds. The summed E-state index contributed by atoms with van der Waals surface area (Å²) in [5.74, 6) is -0.660. The summed E-state index contributed by atoms with van der Waals surface area (Å²) >= 11 is 0. The van der Waals surface area contributed by atoms with Crippen molar-refractivity contribution in [3.63, 3.8) is 0 Å². The van der Waals surface area contributed by atoms with Crippen LogP contribution in [0.4, 0.5) is 10.1 Å². The maximum absolute atomic E-state index is 13.6. The van der Waals surface area contributed by atoms with E-state index in [9.17, 15) is 9.18 Å². The van der Waals surface area contributed by atoms with Gasteiger partial charge in [0.25, 0.3) is 0 Å². The standard InChI is InChI=1S/C16H19FN2O2/c1-4-7-18-16-12(9-15(20)21-3)10(2)19-14-6-5-11(17)8-13(14)16/h5-6,8H,4,7,9H2,1-3H3,(H,18,19). The first kappa shape index (κ1) is 15.2. The molecule has 1 N–H and O–H groups in total. The molecule has 0 aliphatic carbocycles. The smallest absolute Gasteiger partial charge is 0.310 e. The highest BCUT2D eigenvalue weighted by Crippen LogP contribution is 2.29. The molecule has 2 rings (SSSR count). The van der Waals surface area contributed by atoms with Gasteiger partial charge in [-0.25, -0.2) is 4.39 Å². The van der Waals surface area contributed by atoms with E-state index in [0.717, 1.165) is 29.9 Å². The second-order valence-corrected chi connectivity index (χ2v) is 4.89. The lowest BCUT2D eigenvalue weighted by Crippen LogP contribution is -2.12. The maximum atomic E-state index is 13.6. The molecule has 0 saturated heterocycles. The monoisotopic (exact) mass is 290 g/mol. The number of aromatic nitrogens is 1. The minimum absolute atomic E-state index is 0.119. The average molecular weight is 290 g/mol. The van der Waals surface area contributed by atoms with Gasteiger partial charge in [-0.1, -0.05) is 6.92 Å². The highest BCUT2D eigenvalue weighted by Gasteiger charge is 2.16. The normalized spacial score (nSPS) is 10.7. The highest BCUT2D eigenvalue weighted by molar-refractivity contribution is 5.95. The van der Waals surface area contributed by atoms with Gasteiger partial charge in [0.15, 0.2) is 0 Å². The van der Waals surface area contributed by atoms with Crippen molar-refractivity contribution in [1.82, 2.24) is 4.98 Å². The van der Waals surface area contributed by atoms with Gasteiger partial charge < -0.3 is 10.1 Å². The Kier molecular flexibility index (Phi) is 4.73. The number of esters is 1. The Morgan fingerprint density at radius 1 is 1.43 bits per heavy atom. The number of anilines is 1. The molecule has 1 aromatic heterocycles. The number of benzene rings is 1. The number of fused-ring (bicyclic) bond motifs is 1. The summed E-state index contributed by atoms with van der Waals surface area (Å²) in [4.78, 5) is 16.1. The van der Waals surface area contributed by atoms with E-state index < -0.39 is 0 Å². The Labute approximate surface area is 123 Å². The maximum Gasteiger partial charge on any atom is 0.310 e. The summed E-state index contributed by atoms with van der Waals surface area (Å²) in [7, 11) is 1.35. The number of nitrogens with one attached hydrogen (secondary N) is 1. The fourth-order valence-electron chi connectivity index (χ4n) is 2.28. The molecule has 0 radical (unpaired) electrons. The zero-order chi connectivity index (χ0) is 15.4. The largest absolute Gasteiger partial charge is 0.469 e. The average Bonchev–Trinajstić information content (AvgIpc) is 2.47. The van der Waals surface area contributed by atoms with E-state index in [2.05, 4.69) is 10.3 Å². The zero-order valence-corrected chi connectivity index (χ0v) is 12.5. The van der Waals surface area contributed by atoms with Crippen LogP contribution in [-0.4, -0.2) is 24.6 Å². The van der Waals surface area contributed by atoms with Crippen molar-refractivity contribution in [2.75, 3.05) is 19.0 Å². The molecule has 112 valence electrons. The molecule has 0 aliphatic heterocycles. The van der Waals surface area contributed by atoms with Gasteiger partial charge in [0.2, 0.25) is 0 Å². The first-order chi connectivity index (χ1) is 10.1. The fourth-order valence-corrected chi connectivity index (χ4v) is 2.28. The Morgan fingerprint density at radius 3 is 2.86 bits per heavy atom. The third-order valence-electron chi connectivity index (χ3n) is 3.36. The lowest BCUT2D eigenvalue weighted by Gasteiger charge is -2.16. The number of methoxy groups -OCH3 is 1. The van der Waals surface area contributed by atoms with Crippen LogP contribution in [0.2, 0.25) is 0 Å². The van der Waals surface area contributed by atoms with Crippen LogP contribution in [0.15, 0.2) is 18.2 Å². The van der Waals surface area contributed by atoms with Gasteiger partial charge in [-0.05, 0) is 31.5 Å². The molecule has 0 fully saturated rings. The molecular formula is C16H19FN2O2. The molecule has 0 atom stereocenters. The van der Waals surface area contributed by atoms with Crippen LogP contribution >= 0.6 is 0 Å². The van der Waals surface area contributed by atoms with Gasteiger partial charge in [0.05, 0.1) is 19.0 Å². The minimum atomic E-state index is -0.338. The SMILES string of the molecule is CCCNc1c(CC(=O)OC)c(C)nc2ccc(F)cc12. The van der Waals surface area contributed by atoms with Crippen LogP contribution in [0.3, 0.4) is 0 Å². The highest BCUT2D eigenvalue weighted by atomic mass is 19.1. The van der Waals surface area contributed by atoms with Crippen molar-refractivity contribution >= 4 is 22.6 Å². The van der Waals surface area contributed by atoms with Crippen LogP contribution < -0.4 is 5.32 Å². The summed E-state index contributed by atoms with van der Waals surface area (Å²) in [6.45, 7) is 4.63. The third kappa shape index (κ3) is 3.29. The number of ether oxygens (including phenoxy) is 1. The second-order valence-electron chi connectivity index (χ2n) is 4.89. The molecule has 21 heavy (non-hydrogen) atoms. The van der Waals surface area contributed by atoms with Gasteiger partial charge in [0, 0.05) is 28.9 Å². The van der Waals surface area contributed by atoms with Crippen molar-refractivity contribution in [1.29, 1.82) is 0 Å². The number of rotatable bonds is 5. The van der Waals surface area contributed by atoms with E-state index in [1.165, 1.54) is 19.2 Å². The fraction of sp³-hybridized carbons (Fsp3) is 0.375. The van der Waals surface area contributed by atoms with Crippen LogP contribution in [0.1, 0.15) is 24.6 Å². The predicted octanol–water partition coefficient (Wildman–Crippen LogP) is 3.22. The summed E-state index contributed by atoms with van der Waals surface area (Å²) in [5, 5.41) is 3.98. The predicted molar refractivity (Wildman–Crippen MR) is 80.9 cm³/mol. The molecule has 0 unspecified atom stereocenters. The molecule has 0 bridgehead atoms. The molecule has 1 aromatic carbocycles. The van der Waals surface area contributed by atoms with Gasteiger partial charge in [0.1, 0.15) is 5.82 Å². The molecule has 0 saturated carbocycles. The van der Waals surface area contributed by atoms with Gasteiger partial charge in [-0.3, -0.25) is 9.78 Å². The van der Waals surface area contributed by atoms with E-state index in [1.54, 1.807) is 6.07 Å². The number of hydrogen-bond donors (Lipinski definition) is 1. The van der Waals surface area contributed by atoms with Crippen molar-refractivity contribution < 1.29 is 13.9 Å². The van der Waals surface area contributed by atoms with Crippen LogP contribution in [-0.2, 0) is 16.0 Å². The lowest BCUT2D eigenvalue weighted by atomic mass is 10.0. The molecule has 0 aliphatic rings. The first-order valence-electron chi connectivity index (χ1n) is 6.96. The number of nitrogens with zero attached hydrogens (tertiary/aromatic N) is 1. The molecule has 4 nitrogen and oxygen atoms in total. The summed E-state index contributed by atoms with van der Waals surface area (Å²) in [5.41, 5.74) is 2.98. The molecule has 5 heteroatoms. The number of hydrogen-bond acceptors (Lipinski definition) is 4. The number of carbonyl (C=O) groups excluding carboxylic acids is 1. The number of aryl methyl sites for hydroxylation is 1. The van der Waals surface area contributed by atoms with Gasteiger partial charge in [-0.2, -0.15) is 0 Å². The first-order valence-corrected chi connectivity index (χ1v) is 6.96. The lowest BCUT2D eigenvalue weighted by molar-refractivity contribution is -0.139. The van der Waals surface area contributed by atoms with Crippen molar-refractivity contribution in [3.8, 4) is 0 Å². The van der Waals surface area contributed by atoms with Crippen molar-refractivity contribution in [3.05, 3.63) is 35.3 Å². The molecule has 1 heterocycles. The van der Waals surface area contributed by atoms with E-state index in [4.69, 9.17) is 4.74 Å². The topological polar surface area (TPSA) is 51.2 Å². The quantitative estimate of drug-likeness (QED) is 0.859. The summed E-state index contributed by atoms with van der Waals surface area (Å²) < 4.78 is 18.3. The summed E-state index contributed by atoms with van der Waals surface area (Å²) in [6, 6.07) is 4.48. The Morgan fingerprint density at radius 2 is 2.19 bits per heavy atom. The summed E-state index contributed by atoms with van der Waals surface area (Å²) in [6.07, 6.45) is 1.05. The van der Waals surface area contributed by atoms with Crippen LogP contribution in [0.5, 0.6) is 0 Å². The van der Waals surface area contributed by atoms with Gasteiger partial charge >= 0.3 is 5.97 Å². The van der Waals surface area contributed by atoms with E-state index in [-0.39, 0.29) is 18.2 Å². The van der Waals surface area contributed by atoms with Gasteiger partial charge in [-0.15, -0.1) is 0 Å². The second kappa shape index (κ2) is 6.52. The number of carbonyl (C=O) groups is 1. The Balaban J connectivity index is 2.62. The molecular weight excluding hydrogens is 271 g/mol. The number of pyridine rings is 1. The van der Waals surface area contributed by atoms with E-state index >= 15 is 0 Å². The van der Waals surface area contributed by atoms with Crippen molar-refractivity contribution in [2.45, 2.75) is 26.7 Å². The Hall–Kier alpha value is -2.17. The van der Waals surface area contributed by atoms with E-state index in [0.29, 0.717) is 10.9 Å². The molecule has 0 spiro atoms. The molecule has 2 aromatic rings. The van der Waals surface area contributed by atoms with E-state index in [1.807, 2.05) is 13.8 Å². The Bertz CT molecular complexity index is 671.